The van der Waals surface area contributed by atoms with Gasteiger partial charge in [-0.25, -0.2) is 13.8 Å². The highest BCUT2D eigenvalue weighted by molar-refractivity contribution is 5.20. The third-order valence-electron chi connectivity index (χ3n) is 2.56. The summed E-state index contributed by atoms with van der Waals surface area (Å²) >= 11 is 0. The third-order valence-corrected chi connectivity index (χ3v) is 2.56. The molecule has 0 aliphatic heterocycles. The van der Waals surface area contributed by atoms with Crippen molar-refractivity contribution in [2.75, 3.05) is 0 Å². The molecule has 90 valence electrons. The Morgan fingerprint density at radius 1 is 1.41 bits per heavy atom. The van der Waals surface area contributed by atoms with Crippen molar-refractivity contribution in [1.82, 2.24) is 9.55 Å². The molecule has 1 heterocycles. The van der Waals surface area contributed by atoms with Crippen LogP contribution in [0.4, 0.5) is 8.78 Å². The molecule has 0 unspecified atom stereocenters. The molecule has 2 N–H and O–H groups in total. The van der Waals surface area contributed by atoms with Crippen LogP contribution in [0.2, 0.25) is 0 Å². The molecule has 2 rings (SSSR count). The predicted octanol–water partition coefficient (Wildman–Crippen LogP) is 2.23. The molecule has 0 saturated heterocycles. The van der Waals surface area contributed by atoms with Crippen LogP contribution in [0.1, 0.15) is 24.2 Å². The second-order valence-electron chi connectivity index (χ2n) is 3.97. The molecule has 2 aromatic rings. The van der Waals surface area contributed by atoms with Crippen LogP contribution in [0.25, 0.3) is 0 Å². The van der Waals surface area contributed by atoms with Crippen molar-refractivity contribution in [3.63, 3.8) is 0 Å². The summed E-state index contributed by atoms with van der Waals surface area (Å²) in [6, 6.07) is 3.20. The molecular weight excluding hydrogens is 224 g/mol. The molecule has 17 heavy (non-hydrogen) atoms. The number of hydrogen-bond acceptors (Lipinski definition) is 2. The number of benzene rings is 1. The quantitative estimate of drug-likeness (QED) is 0.889. The fourth-order valence-corrected chi connectivity index (χ4v) is 1.69. The summed E-state index contributed by atoms with van der Waals surface area (Å²) in [4.78, 5) is 3.96. The minimum Gasteiger partial charge on any atom is -0.329 e. The largest absolute Gasteiger partial charge is 0.329 e. The van der Waals surface area contributed by atoms with Crippen molar-refractivity contribution in [3.8, 4) is 0 Å². The first-order valence-electron chi connectivity index (χ1n) is 5.27. The van der Waals surface area contributed by atoms with Gasteiger partial charge in [-0.3, -0.25) is 0 Å². The molecule has 0 radical (unpaired) electrons. The maximum Gasteiger partial charge on any atom is 0.128 e. The molecule has 0 fully saturated rings. The van der Waals surface area contributed by atoms with Gasteiger partial charge in [0.2, 0.25) is 0 Å². The van der Waals surface area contributed by atoms with E-state index in [-0.39, 0.29) is 18.2 Å². The standard InChI is InChI=1S/C12H13F2N3/c1-8(15)12-5-16-7-17(12)6-9-4-10(13)2-3-11(9)14/h2-5,7-8H,6,15H2,1H3/t8-/m1/s1. The monoisotopic (exact) mass is 237 g/mol. The van der Waals surface area contributed by atoms with Crippen molar-refractivity contribution < 1.29 is 8.78 Å². The molecule has 1 aromatic carbocycles. The van der Waals surface area contributed by atoms with Crippen LogP contribution in [0, 0.1) is 11.6 Å². The van der Waals surface area contributed by atoms with Gasteiger partial charge in [-0.1, -0.05) is 0 Å². The van der Waals surface area contributed by atoms with Crippen LogP contribution in [0.3, 0.4) is 0 Å². The molecular formula is C12H13F2N3. The Bertz CT molecular complexity index is 520. The van der Waals surface area contributed by atoms with Crippen molar-refractivity contribution in [3.05, 3.63) is 53.6 Å². The number of halogens is 2. The maximum atomic E-state index is 13.5. The van der Waals surface area contributed by atoms with Crippen LogP contribution in [-0.2, 0) is 6.54 Å². The van der Waals surface area contributed by atoms with Gasteiger partial charge in [-0.05, 0) is 25.1 Å². The van der Waals surface area contributed by atoms with Crippen molar-refractivity contribution >= 4 is 0 Å². The lowest BCUT2D eigenvalue weighted by Crippen LogP contribution is -2.13. The van der Waals surface area contributed by atoms with Crippen LogP contribution in [0.5, 0.6) is 0 Å². The number of imidazole rings is 1. The van der Waals surface area contributed by atoms with Gasteiger partial charge in [0, 0.05) is 17.8 Å². The van der Waals surface area contributed by atoms with E-state index in [0.29, 0.717) is 0 Å². The number of nitrogens with two attached hydrogens (primary N) is 1. The highest BCUT2D eigenvalue weighted by Crippen LogP contribution is 2.15. The zero-order valence-electron chi connectivity index (χ0n) is 9.40. The molecule has 5 heteroatoms. The molecule has 0 spiro atoms. The SMILES string of the molecule is C[C@@H](N)c1cncn1Cc1cc(F)ccc1F. The average Bonchev–Trinajstić information content (AvgIpc) is 2.71. The Labute approximate surface area is 97.9 Å². The van der Waals surface area contributed by atoms with Gasteiger partial charge in [0.05, 0.1) is 18.6 Å². The summed E-state index contributed by atoms with van der Waals surface area (Å²) in [5, 5.41) is 0. The van der Waals surface area contributed by atoms with Crippen LogP contribution in [0.15, 0.2) is 30.7 Å². The van der Waals surface area contributed by atoms with Gasteiger partial charge in [-0.15, -0.1) is 0 Å². The molecule has 0 aliphatic rings. The highest BCUT2D eigenvalue weighted by Gasteiger charge is 2.10. The molecule has 3 nitrogen and oxygen atoms in total. The lowest BCUT2D eigenvalue weighted by atomic mass is 10.2. The van der Waals surface area contributed by atoms with E-state index < -0.39 is 11.6 Å². The maximum absolute atomic E-state index is 13.5. The highest BCUT2D eigenvalue weighted by atomic mass is 19.1. The molecule has 0 bridgehead atoms. The number of rotatable bonds is 3. The summed E-state index contributed by atoms with van der Waals surface area (Å²) in [6.07, 6.45) is 3.19. The molecule has 0 aliphatic carbocycles. The van der Waals surface area contributed by atoms with Crippen LogP contribution in [-0.4, -0.2) is 9.55 Å². The first-order valence-corrected chi connectivity index (χ1v) is 5.27. The number of aromatic nitrogens is 2. The Morgan fingerprint density at radius 3 is 2.88 bits per heavy atom. The third kappa shape index (κ3) is 2.50. The first-order chi connectivity index (χ1) is 8.08. The van der Waals surface area contributed by atoms with Crippen LogP contribution < -0.4 is 5.73 Å². The van der Waals surface area contributed by atoms with E-state index in [2.05, 4.69) is 4.98 Å². The summed E-state index contributed by atoms with van der Waals surface area (Å²) in [5.41, 5.74) is 6.82. The Morgan fingerprint density at radius 2 is 2.18 bits per heavy atom. The van der Waals surface area contributed by atoms with E-state index in [1.807, 2.05) is 6.92 Å². The minimum atomic E-state index is -0.455. The zero-order chi connectivity index (χ0) is 12.4. The van der Waals surface area contributed by atoms with Crippen LogP contribution >= 0.6 is 0 Å². The van der Waals surface area contributed by atoms with Crippen molar-refractivity contribution in [1.29, 1.82) is 0 Å². The molecule has 1 atom stereocenters. The van der Waals surface area contributed by atoms with Gasteiger partial charge in [0.15, 0.2) is 0 Å². The average molecular weight is 237 g/mol. The Hall–Kier alpha value is -1.75. The van der Waals surface area contributed by atoms with Crippen molar-refractivity contribution in [2.24, 2.45) is 5.73 Å². The fraction of sp³-hybridized carbons (Fsp3) is 0.250. The Balaban J connectivity index is 2.31. The van der Waals surface area contributed by atoms with Gasteiger partial charge in [-0.2, -0.15) is 0 Å². The number of nitrogens with zero attached hydrogens (tertiary/aromatic N) is 2. The van der Waals surface area contributed by atoms with Gasteiger partial charge in [0.1, 0.15) is 11.6 Å². The summed E-state index contributed by atoms with van der Waals surface area (Å²) in [7, 11) is 0. The smallest absolute Gasteiger partial charge is 0.128 e. The van der Waals surface area contributed by atoms with E-state index >= 15 is 0 Å². The second kappa shape index (κ2) is 4.63. The van der Waals surface area contributed by atoms with E-state index in [0.717, 1.165) is 17.8 Å². The van der Waals surface area contributed by atoms with E-state index in [9.17, 15) is 8.78 Å². The molecule has 0 saturated carbocycles. The van der Waals surface area contributed by atoms with E-state index in [1.165, 1.54) is 6.07 Å². The number of hydrogen-bond donors (Lipinski definition) is 1. The topological polar surface area (TPSA) is 43.8 Å². The van der Waals surface area contributed by atoms with E-state index in [1.54, 1.807) is 17.1 Å². The van der Waals surface area contributed by atoms with E-state index in [4.69, 9.17) is 5.73 Å². The summed E-state index contributed by atoms with van der Waals surface area (Å²) in [5.74, 6) is -0.889. The predicted molar refractivity (Wildman–Crippen MR) is 60.3 cm³/mol. The summed E-state index contributed by atoms with van der Waals surface area (Å²) in [6.45, 7) is 2.04. The zero-order valence-corrected chi connectivity index (χ0v) is 9.40. The van der Waals surface area contributed by atoms with Crippen molar-refractivity contribution in [2.45, 2.75) is 19.5 Å². The molecule has 0 amide bonds. The first kappa shape index (κ1) is 11.7. The lowest BCUT2D eigenvalue weighted by Gasteiger charge is -2.11. The lowest BCUT2D eigenvalue weighted by molar-refractivity contribution is 0.570. The van der Waals surface area contributed by atoms with Gasteiger partial charge < -0.3 is 10.3 Å². The second-order valence-corrected chi connectivity index (χ2v) is 3.97. The van der Waals surface area contributed by atoms with Gasteiger partial charge in [0.25, 0.3) is 0 Å². The van der Waals surface area contributed by atoms with Gasteiger partial charge >= 0.3 is 0 Å². The Kier molecular flexibility index (Phi) is 3.19. The normalized spacial score (nSPS) is 12.7. The summed E-state index contributed by atoms with van der Waals surface area (Å²) < 4.78 is 28.2. The minimum absolute atomic E-state index is 0.200. The fourth-order valence-electron chi connectivity index (χ4n) is 1.69. The molecule has 1 aromatic heterocycles.